The predicted octanol–water partition coefficient (Wildman–Crippen LogP) is 5.01. The van der Waals surface area contributed by atoms with Crippen molar-refractivity contribution in [3.05, 3.63) is 47.8 Å². The Bertz CT molecular complexity index is 1090. The molecular weight excluding hydrogens is 430 g/mol. The van der Waals surface area contributed by atoms with Crippen molar-refractivity contribution in [1.82, 2.24) is 14.9 Å². The zero-order valence-corrected chi connectivity index (χ0v) is 20.4. The Morgan fingerprint density at radius 2 is 1.74 bits per heavy atom. The maximum atomic E-state index is 12.9. The number of para-hydroxylation sites is 2. The predicted molar refractivity (Wildman–Crippen MR) is 133 cm³/mol. The van der Waals surface area contributed by atoms with Crippen LogP contribution in [0.2, 0.25) is 0 Å². The molecule has 2 aromatic carbocycles. The van der Waals surface area contributed by atoms with E-state index in [1.165, 1.54) is 58.3 Å². The van der Waals surface area contributed by atoms with E-state index in [1.54, 1.807) is 19.2 Å². The van der Waals surface area contributed by atoms with Gasteiger partial charge < -0.3 is 24.1 Å². The molecule has 0 saturated heterocycles. The van der Waals surface area contributed by atoms with E-state index in [4.69, 9.17) is 19.2 Å². The Kier molecular flexibility index (Phi) is 7.93. The van der Waals surface area contributed by atoms with Crippen LogP contribution in [0.5, 0.6) is 17.2 Å². The first-order chi connectivity index (χ1) is 16.6. The Labute approximate surface area is 201 Å². The quantitative estimate of drug-likeness (QED) is 0.456. The lowest BCUT2D eigenvalue weighted by atomic mass is 9.87. The molecule has 1 aliphatic carbocycles. The molecule has 0 radical (unpaired) electrons. The van der Waals surface area contributed by atoms with Crippen LogP contribution in [0.15, 0.2) is 36.4 Å². The number of amides is 1. The highest BCUT2D eigenvalue weighted by atomic mass is 16.5. The second-order valence-corrected chi connectivity index (χ2v) is 8.88. The van der Waals surface area contributed by atoms with Crippen molar-refractivity contribution in [3.63, 3.8) is 0 Å². The molecule has 1 aromatic heterocycles. The van der Waals surface area contributed by atoms with Crippen molar-refractivity contribution in [3.8, 4) is 17.2 Å². The topological polar surface area (TPSA) is 74.6 Å². The lowest BCUT2D eigenvalue weighted by molar-refractivity contribution is 0.0953. The van der Waals surface area contributed by atoms with Gasteiger partial charge in [0.2, 0.25) is 5.75 Å². The molecule has 1 saturated carbocycles. The number of carbonyl (C=O) groups excluding carboxylic acids is 1. The van der Waals surface area contributed by atoms with E-state index in [1.807, 2.05) is 6.07 Å². The molecule has 0 unspecified atom stereocenters. The third kappa shape index (κ3) is 5.29. The van der Waals surface area contributed by atoms with E-state index >= 15 is 0 Å². The third-order valence-electron chi connectivity index (χ3n) is 6.78. The highest BCUT2D eigenvalue weighted by molar-refractivity contribution is 5.95. The molecule has 182 valence electrons. The van der Waals surface area contributed by atoms with Crippen LogP contribution in [0.4, 0.5) is 0 Å². The van der Waals surface area contributed by atoms with Crippen LogP contribution in [-0.2, 0) is 13.0 Å². The van der Waals surface area contributed by atoms with Crippen LogP contribution in [0.1, 0.15) is 54.7 Å². The molecule has 0 bridgehead atoms. The van der Waals surface area contributed by atoms with E-state index in [2.05, 4.69) is 28.1 Å². The van der Waals surface area contributed by atoms with E-state index in [0.717, 1.165) is 23.8 Å². The van der Waals surface area contributed by atoms with Crippen LogP contribution < -0.4 is 19.5 Å². The molecule has 0 aliphatic heterocycles. The lowest BCUT2D eigenvalue weighted by Gasteiger charge is -2.22. The molecule has 1 amide bonds. The van der Waals surface area contributed by atoms with E-state index < -0.39 is 0 Å². The van der Waals surface area contributed by atoms with Crippen LogP contribution in [0, 0.1) is 5.92 Å². The standard InChI is InChI=1S/C27H35N3O4/c1-32-23-17-20(18-24(33-2)26(23)34-3)27(31)28-15-13-25-29-21-11-7-8-12-22(21)30(25)16-14-19-9-5-4-6-10-19/h7-8,11-12,17-19H,4-6,9-10,13-16H2,1-3H3,(H,28,31). The Morgan fingerprint density at radius 1 is 1.03 bits per heavy atom. The normalized spacial score (nSPS) is 14.2. The number of benzene rings is 2. The first-order valence-corrected chi connectivity index (χ1v) is 12.2. The third-order valence-corrected chi connectivity index (χ3v) is 6.78. The van der Waals surface area contributed by atoms with Crippen molar-refractivity contribution in [1.29, 1.82) is 0 Å². The highest BCUT2D eigenvalue weighted by Crippen LogP contribution is 2.38. The number of nitrogens with zero attached hydrogens (tertiary/aromatic N) is 2. The van der Waals surface area contributed by atoms with Gasteiger partial charge in [-0.05, 0) is 36.6 Å². The van der Waals surface area contributed by atoms with Gasteiger partial charge in [-0.2, -0.15) is 0 Å². The number of carbonyl (C=O) groups is 1. The van der Waals surface area contributed by atoms with E-state index in [9.17, 15) is 4.79 Å². The SMILES string of the molecule is COc1cc(C(=O)NCCc2nc3ccccc3n2CCC2CCCCC2)cc(OC)c1OC. The number of hydrogen-bond acceptors (Lipinski definition) is 5. The summed E-state index contributed by atoms with van der Waals surface area (Å²) < 4.78 is 18.4. The maximum Gasteiger partial charge on any atom is 0.251 e. The summed E-state index contributed by atoms with van der Waals surface area (Å²) in [5.74, 6) is 3.01. The number of imidazole rings is 1. The smallest absolute Gasteiger partial charge is 0.251 e. The number of aromatic nitrogens is 2. The van der Waals surface area contributed by atoms with Crippen molar-refractivity contribution in [2.45, 2.75) is 51.5 Å². The van der Waals surface area contributed by atoms with Gasteiger partial charge >= 0.3 is 0 Å². The zero-order valence-electron chi connectivity index (χ0n) is 20.4. The summed E-state index contributed by atoms with van der Waals surface area (Å²) in [7, 11) is 4.62. The number of ether oxygens (including phenoxy) is 3. The maximum absolute atomic E-state index is 12.9. The fourth-order valence-corrected chi connectivity index (χ4v) is 4.96. The second kappa shape index (κ2) is 11.3. The summed E-state index contributed by atoms with van der Waals surface area (Å²) in [5.41, 5.74) is 2.64. The van der Waals surface area contributed by atoms with Gasteiger partial charge in [0.05, 0.1) is 32.4 Å². The molecule has 4 rings (SSSR count). The fourth-order valence-electron chi connectivity index (χ4n) is 4.96. The minimum Gasteiger partial charge on any atom is -0.493 e. The van der Waals surface area contributed by atoms with Crippen LogP contribution in [0.3, 0.4) is 0 Å². The fraction of sp³-hybridized carbons (Fsp3) is 0.481. The molecule has 3 aromatic rings. The van der Waals surface area contributed by atoms with Crippen LogP contribution in [0.25, 0.3) is 11.0 Å². The minimum absolute atomic E-state index is 0.191. The van der Waals surface area contributed by atoms with Gasteiger partial charge in [-0.1, -0.05) is 44.2 Å². The van der Waals surface area contributed by atoms with Gasteiger partial charge in [-0.15, -0.1) is 0 Å². The largest absolute Gasteiger partial charge is 0.493 e. The molecule has 7 heteroatoms. The van der Waals surface area contributed by atoms with Gasteiger partial charge in [0.15, 0.2) is 11.5 Å². The molecule has 34 heavy (non-hydrogen) atoms. The number of fused-ring (bicyclic) bond motifs is 1. The first kappa shape index (κ1) is 23.9. The van der Waals surface area contributed by atoms with Crippen molar-refractivity contribution in [2.75, 3.05) is 27.9 Å². The minimum atomic E-state index is -0.191. The summed E-state index contributed by atoms with van der Waals surface area (Å²) in [6, 6.07) is 11.6. The zero-order chi connectivity index (χ0) is 23.9. The first-order valence-electron chi connectivity index (χ1n) is 12.2. The summed E-state index contributed by atoms with van der Waals surface area (Å²) in [6.45, 7) is 1.46. The number of aryl methyl sites for hydroxylation is 1. The molecular formula is C27H35N3O4. The summed E-state index contributed by atoms with van der Waals surface area (Å²) in [6.07, 6.45) is 8.62. The number of nitrogens with one attached hydrogen (secondary N) is 1. The van der Waals surface area contributed by atoms with Gasteiger partial charge in [0.25, 0.3) is 5.91 Å². The monoisotopic (exact) mass is 465 g/mol. The van der Waals surface area contributed by atoms with Gasteiger partial charge in [-0.3, -0.25) is 4.79 Å². The van der Waals surface area contributed by atoms with Crippen molar-refractivity contribution < 1.29 is 19.0 Å². The number of methoxy groups -OCH3 is 3. The summed E-state index contributed by atoms with van der Waals surface area (Å²) in [5, 5.41) is 3.02. The molecule has 1 aliphatic rings. The van der Waals surface area contributed by atoms with Crippen LogP contribution in [-0.4, -0.2) is 43.3 Å². The van der Waals surface area contributed by atoms with Gasteiger partial charge in [0, 0.05) is 25.1 Å². The van der Waals surface area contributed by atoms with Crippen LogP contribution >= 0.6 is 0 Å². The number of rotatable bonds is 10. The Morgan fingerprint density at radius 3 is 2.41 bits per heavy atom. The van der Waals surface area contributed by atoms with Gasteiger partial charge in [0.1, 0.15) is 5.82 Å². The molecule has 1 N–H and O–H groups in total. The molecule has 1 heterocycles. The lowest BCUT2D eigenvalue weighted by Crippen LogP contribution is -2.26. The molecule has 0 atom stereocenters. The highest BCUT2D eigenvalue weighted by Gasteiger charge is 2.18. The average molecular weight is 466 g/mol. The van der Waals surface area contributed by atoms with E-state index in [-0.39, 0.29) is 5.91 Å². The summed E-state index contributed by atoms with van der Waals surface area (Å²) >= 11 is 0. The summed E-state index contributed by atoms with van der Waals surface area (Å²) in [4.78, 5) is 17.7. The molecule has 7 nitrogen and oxygen atoms in total. The van der Waals surface area contributed by atoms with E-state index in [0.29, 0.717) is 35.8 Å². The number of hydrogen-bond donors (Lipinski definition) is 1. The molecule has 1 fully saturated rings. The Hall–Kier alpha value is -3.22. The molecule has 0 spiro atoms. The van der Waals surface area contributed by atoms with Crippen molar-refractivity contribution in [2.24, 2.45) is 5.92 Å². The Balaban J connectivity index is 1.44. The average Bonchev–Trinajstić information content (AvgIpc) is 3.24. The van der Waals surface area contributed by atoms with Crippen molar-refractivity contribution >= 4 is 16.9 Å². The van der Waals surface area contributed by atoms with Gasteiger partial charge in [-0.25, -0.2) is 4.98 Å². The second-order valence-electron chi connectivity index (χ2n) is 8.88.